The zero-order valence-corrected chi connectivity index (χ0v) is 11.9. The van der Waals surface area contributed by atoms with Gasteiger partial charge < -0.3 is 10.1 Å². The Hall–Kier alpha value is -1.87. The van der Waals surface area contributed by atoms with Crippen LogP contribution in [0.2, 0.25) is 0 Å². The van der Waals surface area contributed by atoms with Gasteiger partial charge in [-0.05, 0) is 54.8 Å². The monoisotopic (exact) mass is 273 g/mol. The van der Waals surface area contributed by atoms with Crippen molar-refractivity contribution in [3.05, 3.63) is 65.0 Å². The molecule has 0 fully saturated rings. The van der Waals surface area contributed by atoms with Gasteiger partial charge in [0.15, 0.2) is 0 Å². The van der Waals surface area contributed by atoms with Crippen molar-refractivity contribution >= 4 is 0 Å². The van der Waals surface area contributed by atoms with Crippen molar-refractivity contribution < 1.29 is 9.13 Å². The van der Waals surface area contributed by atoms with Crippen LogP contribution in [0.1, 0.15) is 16.7 Å². The van der Waals surface area contributed by atoms with Crippen molar-refractivity contribution in [1.29, 1.82) is 0 Å². The van der Waals surface area contributed by atoms with Gasteiger partial charge >= 0.3 is 0 Å². The Morgan fingerprint density at radius 1 is 1.10 bits per heavy atom. The van der Waals surface area contributed by atoms with Crippen LogP contribution in [-0.4, -0.2) is 13.7 Å². The maximum absolute atomic E-state index is 13.2. The third-order valence-electron chi connectivity index (χ3n) is 3.39. The molecule has 2 aromatic carbocycles. The minimum absolute atomic E-state index is 0.183. The fourth-order valence-corrected chi connectivity index (χ4v) is 2.19. The predicted octanol–water partition coefficient (Wildman–Crippen LogP) is 3.48. The first kappa shape index (κ1) is 14.5. The van der Waals surface area contributed by atoms with Crippen molar-refractivity contribution in [2.45, 2.75) is 19.9 Å². The van der Waals surface area contributed by atoms with Gasteiger partial charge in [-0.3, -0.25) is 0 Å². The highest BCUT2D eigenvalue weighted by molar-refractivity contribution is 5.33. The number of nitrogens with one attached hydrogen (secondary N) is 1. The van der Waals surface area contributed by atoms with Crippen LogP contribution in [-0.2, 0) is 13.0 Å². The molecular weight excluding hydrogens is 253 g/mol. The molecule has 0 bridgehead atoms. The number of methoxy groups -OCH3 is 1. The molecule has 2 nitrogen and oxygen atoms in total. The molecule has 0 aliphatic carbocycles. The summed E-state index contributed by atoms with van der Waals surface area (Å²) >= 11 is 0. The van der Waals surface area contributed by atoms with E-state index in [1.165, 1.54) is 11.6 Å². The molecule has 0 amide bonds. The van der Waals surface area contributed by atoms with Crippen molar-refractivity contribution in [3.8, 4) is 5.75 Å². The van der Waals surface area contributed by atoms with E-state index in [9.17, 15) is 4.39 Å². The maximum Gasteiger partial charge on any atom is 0.123 e. The van der Waals surface area contributed by atoms with Gasteiger partial charge in [0.25, 0.3) is 0 Å². The third-order valence-corrected chi connectivity index (χ3v) is 3.39. The van der Waals surface area contributed by atoms with Crippen LogP contribution in [0.3, 0.4) is 0 Å². The Morgan fingerprint density at radius 2 is 1.90 bits per heavy atom. The molecule has 0 saturated heterocycles. The molecule has 0 saturated carbocycles. The molecule has 106 valence electrons. The highest BCUT2D eigenvalue weighted by Gasteiger charge is 2.02. The van der Waals surface area contributed by atoms with Crippen LogP contribution in [0, 0.1) is 12.7 Å². The first-order valence-electron chi connectivity index (χ1n) is 6.78. The number of para-hydroxylation sites is 1. The van der Waals surface area contributed by atoms with E-state index in [4.69, 9.17) is 4.74 Å². The smallest absolute Gasteiger partial charge is 0.123 e. The number of rotatable bonds is 6. The summed E-state index contributed by atoms with van der Waals surface area (Å²) in [5.41, 5.74) is 3.29. The van der Waals surface area contributed by atoms with E-state index in [0.717, 1.165) is 29.8 Å². The number of halogens is 1. The van der Waals surface area contributed by atoms with Gasteiger partial charge in [-0.2, -0.15) is 0 Å². The zero-order valence-electron chi connectivity index (χ0n) is 11.9. The van der Waals surface area contributed by atoms with Gasteiger partial charge in [0.1, 0.15) is 11.6 Å². The molecule has 0 aliphatic rings. The minimum Gasteiger partial charge on any atom is -0.496 e. The van der Waals surface area contributed by atoms with Crippen molar-refractivity contribution in [2.24, 2.45) is 0 Å². The molecular formula is C17H20FNO. The predicted molar refractivity (Wildman–Crippen MR) is 79.5 cm³/mol. The number of benzene rings is 2. The molecule has 3 heteroatoms. The van der Waals surface area contributed by atoms with Crippen LogP contribution in [0.25, 0.3) is 0 Å². The van der Waals surface area contributed by atoms with E-state index < -0.39 is 0 Å². The summed E-state index contributed by atoms with van der Waals surface area (Å²) in [5.74, 6) is 0.730. The number of hydrogen-bond donors (Lipinski definition) is 1. The Balaban J connectivity index is 1.86. The molecule has 0 aliphatic heterocycles. The summed E-state index contributed by atoms with van der Waals surface area (Å²) in [6, 6.07) is 12.9. The molecule has 0 atom stereocenters. The van der Waals surface area contributed by atoms with Gasteiger partial charge in [-0.25, -0.2) is 4.39 Å². The Labute approximate surface area is 119 Å². The van der Waals surface area contributed by atoms with Crippen molar-refractivity contribution in [1.82, 2.24) is 5.32 Å². The van der Waals surface area contributed by atoms with E-state index in [2.05, 4.69) is 11.4 Å². The van der Waals surface area contributed by atoms with Crippen LogP contribution in [0.4, 0.5) is 4.39 Å². The second-order valence-electron chi connectivity index (χ2n) is 4.81. The first-order valence-corrected chi connectivity index (χ1v) is 6.78. The highest BCUT2D eigenvalue weighted by atomic mass is 19.1. The zero-order chi connectivity index (χ0) is 14.4. The second-order valence-corrected chi connectivity index (χ2v) is 4.81. The molecule has 0 aromatic heterocycles. The van der Waals surface area contributed by atoms with Crippen LogP contribution >= 0.6 is 0 Å². The fourth-order valence-electron chi connectivity index (χ4n) is 2.19. The van der Waals surface area contributed by atoms with Gasteiger partial charge in [-0.15, -0.1) is 0 Å². The van der Waals surface area contributed by atoms with Gasteiger partial charge in [-0.1, -0.05) is 24.3 Å². The van der Waals surface area contributed by atoms with Crippen molar-refractivity contribution in [2.75, 3.05) is 13.7 Å². The second kappa shape index (κ2) is 7.06. The van der Waals surface area contributed by atoms with Crippen LogP contribution in [0.15, 0.2) is 42.5 Å². The summed E-state index contributed by atoms with van der Waals surface area (Å²) in [6.45, 7) is 3.51. The fraction of sp³-hybridized carbons (Fsp3) is 0.294. The Kier molecular flexibility index (Phi) is 5.13. The number of ether oxygens (including phenoxy) is 1. The Morgan fingerprint density at radius 3 is 2.70 bits per heavy atom. The van der Waals surface area contributed by atoms with Gasteiger partial charge in [0, 0.05) is 6.54 Å². The summed E-state index contributed by atoms with van der Waals surface area (Å²) < 4.78 is 18.5. The van der Waals surface area contributed by atoms with Crippen molar-refractivity contribution in [3.63, 3.8) is 0 Å². The van der Waals surface area contributed by atoms with Gasteiger partial charge in [0.2, 0.25) is 0 Å². The largest absolute Gasteiger partial charge is 0.496 e. The maximum atomic E-state index is 13.2. The average molecular weight is 273 g/mol. The lowest BCUT2D eigenvalue weighted by atomic mass is 10.1. The van der Waals surface area contributed by atoms with Crippen LogP contribution < -0.4 is 10.1 Å². The van der Waals surface area contributed by atoms with Gasteiger partial charge in [0.05, 0.1) is 7.11 Å². The minimum atomic E-state index is -0.183. The first-order chi connectivity index (χ1) is 9.70. The van der Waals surface area contributed by atoms with E-state index >= 15 is 0 Å². The summed E-state index contributed by atoms with van der Waals surface area (Å²) in [5, 5.41) is 3.35. The standard InChI is InChI=1S/C17H20FNO/c1-13-7-8-16(18)11-15(13)12-19-10-9-14-5-3-4-6-17(14)20-2/h3-8,11,19H,9-10,12H2,1-2H3. The number of hydrogen-bond acceptors (Lipinski definition) is 2. The normalized spacial score (nSPS) is 10.6. The summed E-state index contributed by atoms with van der Waals surface area (Å²) in [7, 11) is 1.68. The molecule has 2 aromatic rings. The van der Waals surface area contributed by atoms with E-state index in [0.29, 0.717) is 6.54 Å². The lowest BCUT2D eigenvalue weighted by Gasteiger charge is -2.10. The molecule has 0 spiro atoms. The molecule has 20 heavy (non-hydrogen) atoms. The molecule has 0 radical (unpaired) electrons. The lowest BCUT2D eigenvalue weighted by Crippen LogP contribution is -2.17. The topological polar surface area (TPSA) is 21.3 Å². The third kappa shape index (κ3) is 3.81. The average Bonchev–Trinajstić information content (AvgIpc) is 2.47. The molecule has 0 heterocycles. The molecule has 1 N–H and O–H groups in total. The van der Waals surface area contributed by atoms with E-state index in [1.807, 2.05) is 31.2 Å². The van der Waals surface area contributed by atoms with E-state index in [-0.39, 0.29) is 5.82 Å². The lowest BCUT2D eigenvalue weighted by molar-refractivity contribution is 0.409. The summed E-state index contributed by atoms with van der Waals surface area (Å²) in [4.78, 5) is 0. The SMILES string of the molecule is COc1ccccc1CCNCc1cc(F)ccc1C. The molecule has 2 rings (SSSR count). The van der Waals surface area contributed by atoms with Crippen LogP contribution in [0.5, 0.6) is 5.75 Å². The summed E-state index contributed by atoms with van der Waals surface area (Å²) in [6.07, 6.45) is 0.887. The highest BCUT2D eigenvalue weighted by Crippen LogP contribution is 2.17. The van der Waals surface area contributed by atoms with E-state index in [1.54, 1.807) is 13.2 Å². The number of aryl methyl sites for hydroxylation is 1. The Bertz CT molecular complexity index is 569. The molecule has 0 unspecified atom stereocenters. The quantitative estimate of drug-likeness (QED) is 0.814.